The van der Waals surface area contributed by atoms with Crippen molar-refractivity contribution in [1.29, 1.82) is 0 Å². The van der Waals surface area contributed by atoms with Gasteiger partial charge in [-0.2, -0.15) is 0 Å². The molecule has 4 nitrogen and oxygen atoms in total. The zero-order valence-electron chi connectivity index (χ0n) is 13.1. The van der Waals surface area contributed by atoms with E-state index < -0.39 is 0 Å². The molecule has 1 unspecified atom stereocenters. The van der Waals surface area contributed by atoms with Gasteiger partial charge in [-0.05, 0) is 38.0 Å². The molecule has 0 aliphatic carbocycles. The lowest BCUT2D eigenvalue weighted by atomic mass is 10.1. The third-order valence-corrected chi connectivity index (χ3v) is 4.21. The van der Waals surface area contributed by atoms with E-state index in [1.54, 1.807) is 4.90 Å². The first kappa shape index (κ1) is 15.5. The molecule has 2 rings (SSSR count). The zero-order chi connectivity index (χ0) is 15.4. The van der Waals surface area contributed by atoms with Crippen molar-refractivity contribution in [3.05, 3.63) is 29.8 Å². The Balaban J connectivity index is 2.10. The molecule has 0 bridgehead atoms. The van der Waals surface area contributed by atoms with Crippen LogP contribution in [0.1, 0.15) is 32.8 Å². The number of rotatable bonds is 5. The Labute approximate surface area is 126 Å². The van der Waals surface area contributed by atoms with E-state index in [1.165, 1.54) is 5.56 Å². The Kier molecular flexibility index (Phi) is 4.99. The third kappa shape index (κ3) is 3.26. The molecule has 1 aliphatic heterocycles. The summed E-state index contributed by atoms with van der Waals surface area (Å²) >= 11 is 0. The highest BCUT2D eigenvalue weighted by Gasteiger charge is 2.36. The molecule has 0 spiro atoms. The highest BCUT2D eigenvalue weighted by Crippen LogP contribution is 2.26. The molecule has 1 saturated heterocycles. The maximum atomic E-state index is 12.4. The first-order chi connectivity index (χ1) is 10.1. The Morgan fingerprint density at radius 2 is 1.81 bits per heavy atom. The molecule has 1 aromatic rings. The van der Waals surface area contributed by atoms with Crippen LogP contribution in [0.5, 0.6) is 0 Å². The van der Waals surface area contributed by atoms with Gasteiger partial charge in [0.05, 0.1) is 5.92 Å². The van der Waals surface area contributed by atoms with Crippen molar-refractivity contribution >= 4 is 17.5 Å². The van der Waals surface area contributed by atoms with E-state index in [0.717, 1.165) is 12.1 Å². The number of aryl methyl sites for hydroxylation is 1. The van der Waals surface area contributed by atoms with Crippen molar-refractivity contribution in [3.63, 3.8) is 0 Å². The van der Waals surface area contributed by atoms with Gasteiger partial charge in [0.2, 0.25) is 11.8 Å². The van der Waals surface area contributed by atoms with Gasteiger partial charge in [-0.25, -0.2) is 0 Å². The number of carbonyl (C=O) groups excluding carboxylic acids is 2. The summed E-state index contributed by atoms with van der Waals surface area (Å²) in [6.07, 6.45) is 1.31. The molecule has 4 heteroatoms. The van der Waals surface area contributed by atoms with Crippen LogP contribution in [-0.2, 0) is 16.0 Å². The van der Waals surface area contributed by atoms with Crippen LogP contribution in [0.15, 0.2) is 24.3 Å². The SMILES string of the molecule is CCc1ccc(N2CC(C(=O)N(CC)CC)CC2=O)cc1. The second-order valence-corrected chi connectivity index (χ2v) is 5.44. The summed E-state index contributed by atoms with van der Waals surface area (Å²) in [4.78, 5) is 28.1. The fourth-order valence-electron chi connectivity index (χ4n) is 2.83. The minimum absolute atomic E-state index is 0.0461. The molecule has 0 radical (unpaired) electrons. The Morgan fingerprint density at radius 1 is 1.19 bits per heavy atom. The molecule has 1 atom stereocenters. The van der Waals surface area contributed by atoms with Gasteiger partial charge in [-0.15, -0.1) is 0 Å². The van der Waals surface area contributed by atoms with E-state index in [9.17, 15) is 9.59 Å². The van der Waals surface area contributed by atoms with E-state index in [0.29, 0.717) is 26.1 Å². The van der Waals surface area contributed by atoms with Crippen LogP contribution < -0.4 is 4.90 Å². The minimum atomic E-state index is -0.205. The first-order valence-electron chi connectivity index (χ1n) is 7.78. The molecule has 2 amide bonds. The predicted octanol–water partition coefficient (Wildman–Crippen LogP) is 2.47. The van der Waals surface area contributed by atoms with Gasteiger partial charge in [0, 0.05) is 31.7 Å². The molecule has 114 valence electrons. The average molecular weight is 288 g/mol. The van der Waals surface area contributed by atoms with Crippen molar-refractivity contribution in [2.75, 3.05) is 24.5 Å². The lowest BCUT2D eigenvalue weighted by Gasteiger charge is -2.22. The smallest absolute Gasteiger partial charge is 0.227 e. The van der Waals surface area contributed by atoms with Crippen molar-refractivity contribution in [2.24, 2.45) is 5.92 Å². The summed E-state index contributed by atoms with van der Waals surface area (Å²) in [7, 11) is 0. The topological polar surface area (TPSA) is 40.6 Å². The monoisotopic (exact) mass is 288 g/mol. The molecule has 0 N–H and O–H groups in total. The number of anilines is 1. The largest absolute Gasteiger partial charge is 0.343 e. The van der Waals surface area contributed by atoms with Gasteiger partial charge in [0.25, 0.3) is 0 Å². The molecular weight excluding hydrogens is 264 g/mol. The summed E-state index contributed by atoms with van der Waals surface area (Å²) in [5.41, 5.74) is 2.15. The van der Waals surface area contributed by atoms with Gasteiger partial charge in [-0.3, -0.25) is 9.59 Å². The van der Waals surface area contributed by atoms with Crippen LogP contribution in [0.3, 0.4) is 0 Å². The van der Waals surface area contributed by atoms with Gasteiger partial charge in [0.15, 0.2) is 0 Å². The van der Waals surface area contributed by atoms with E-state index in [2.05, 4.69) is 6.92 Å². The number of amides is 2. The van der Waals surface area contributed by atoms with E-state index in [1.807, 2.05) is 43.0 Å². The average Bonchev–Trinajstić information content (AvgIpc) is 2.90. The van der Waals surface area contributed by atoms with E-state index in [4.69, 9.17) is 0 Å². The Hall–Kier alpha value is -1.84. The zero-order valence-corrected chi connectivity index (χ0v) is 13.1. The number of nitrogens with zero attached hydrogens (tertiary/aromatic N) is 2. The fourth-order valence-corrected chi connectivity index (χ4v) is 2.83. The maximum Gasteiger partial charge on any atom is 0.227 e. The molecular formula is C17H24N2O2. The van der Waals surface area contributed by atoms with E-state index in [-0.39, 0.29) is 17.7 Å². The highest BCUT2D eigenvalue weighted by molar-refractivity contribution is 6.00. The Morgan fingerprint density at radius 3 is 2.33 bits per heavy atom. The number of hydrogen-bond acceptors (Lipinski definition) is 2. The number of benzene rings is 1. The second kappa shape index (κ2) is 6.74. The first-order valence-corrected chi connectivity index (χ1v) is 7.78. The van der Waals surface area contributed by atoms with Crippen LogP contribution in [0.2, 0.25) is 0 Å². The lowest BCUT2D eigenvalue weighted by Crippen LogP contribution is -2.37. The quantitative estimate of drug-likeness (QED) is 0.835. The summed E-state index contributed by atoms with van der Waals surface area (Å²) in [6, 6.07) is 8.03. The van der Waals surface area contributed by atoms with Crippen LogP contribution in [0.25, 0.3) is 0 Å². The standard InChI is InChI=1S/C17H24N2O2/c1-4-13-7-9-15(10-8-13)19-12-14(11-16(19)20)17(21)18(5-2)6-3/h7-10,14H,4-6,11-12H2,1-3H3. The predicted molar refractivity (Wildman–Crippen MR) is 84.2 cm³/mol. The van der Waals surface area contributed by atoms with Crippen molar-refractivity contribution in [1.82, 2.24) is 4.90 Å². The minimum Gasteiger partial charge on any atom is -0.343 e. The van der Waals surface area contributed by atoms with Crippen molar-refractivity contribution < 1.29 is 9.59 Å². The summed E-state index contributed by atoms with van der Waals surface area (Å²) < 4.78 is 0. The van der Waals surface area contributed by atoms with Gasteiger partial charge in [0.1, 0.15) is 0 Å². The van der Waals surface area contributed by atoms with Gasteiger partial charge in [-0.1, -0.05) is 19.1 Å². The van der Waals surface area contributed by atoms with Crippen LogP contribution >= 0.6 is 0 Å². The number of hydrogen-bond donors (Lipinski definition) is 0. The van der Waals surface area contributed by atoms with Gasteiger partial charge >= 0.3 is 0 Å². The molecule has 1 aromatic carbocycles. The lowest BCUT2D eigenvalue weighted by molar-refractivity contribution is -0.135. The number of carbonyl (C=O) groups is 2. The fraction of sp³-hybridized carbons (Fsp3) is 0.529. The second-order valence-electron chi connectivity index (χ2n) is 5.44. The van der Waals surface area contributed by atoms with Crippen LogP contribution in [-0.4, -0.2) is 36.3 Å². The summed E-state index contributed by atoms with van der Waals surface area (Å²) in [5.74, 6) is -0.0611. The van der Waals surface area contributed by atoms with Crippen molar-refractivity contribution in [3.8, 4) is 0 Å². The highest BCUT2D eigenvalue weighted by atomic mass is 16.2. The third-order valence-electron chi connectivity index (χ3n) is 4.21. The molecule has 0 aromatic heterocycles. The van der Waals surface area contributed by atoms with Crippen LogP contribution in [0.4, 0.5) is 5.69 Å². The Bertz CT molecular complexity index is 506. The maximum absolute atomic E-state index is 12.4. The summed E-state index contributed by atoms with van der Waals surface area (Å²) in [6.45, 7) is 7.95. The molecule has 1 aliphatic rings. The molecule has 1 heterocycles. The van der Waals surface area contributed by atoms with Crippen molar-refractivity contribution in [2.45, 2.75) is 33.6 Å². The molecule has 1 fully saturated rings. The van der Waals surface area contributed by atoms with E-state index >= 15 is 0 Å². The normalized spacial score (nSPS) is 18.1. The molecule has 0 saturated carbocycles. The molecule has 21 heavy (non-hydrogen) atoms. The van der Waals surface area contributed by atoms with Gasteiger partial charge < -0.3 is 9.80 Å². The summed E-state index contributed by atoms with van der Waals surface area (Å²) in [5, 5.41) is 0. The van der Waals surface area contributed by atoms with Crippen LogP contribution in [0, 0.1) is 5.92 Å².